The first kappa shape index (κ1) is 14.0. The second-order valence-corrected chi connectivity index (χ2v) is 7.93. The molecule has 1 atom stereocenters. The Balaban J connectivity index is 1.67. The van der Waals surface area contributed by atoms with E-state index in [0.717, 1.165) is 13.0 Å². The van der Waals surface area contributed by atoms with Crippen LogP contribution in [0.5, 0.6) is 0 Å². The summed E-state index contributed by atoms with van der Waals surface area (Å²) in [7, 11) is -3.19. The highest BCUT2D eigenvalue weighted by atomic mass is 32.2. The van der Waals surface area contributed by atoms with Gasteiger partial charge in [-0.25, -0.2) is 8.42 Å². The Morgan fingerprint density at radius 1 is 1.15 bits per heavy atom. The van der Waals surface area contributed by atoms with Gasteiger partial charge in [-0.05, 0) is 43.5 Å². The standard InChI is InChI=1S/C15H21NO3S/c17-20(18,15-10-19-11-15)14-6-4-12(5-7-14)9-13-3-1-2-8-16-13/h4-7,13,15-16H,1-3,8-11H2. The molecule has 0 spiro atoms. The number of sulfone groups is 1. The molecule has 2 aliphatic heterocycles. The summed E-state index contributed by atoms with van der Waals surface area (Å²) in [5, 5.41) is 3.16. The Labute approximate surface area is 120 Å². The lowest BCUT2D eigenvalue weighted by atomic mass is 9.98. The molecular formula is C15H21NO3S. The van der Waals surface area contributed by atoms with E-state index in [9.17, 15) is 8.42 Å². The van der Waals surface area contributed by atoms with Gasteiger partial charge in [-0.3, -0.25) is 0 Å². The maximum atomic E-state index is 12.2. The first-order valence-electron chi connectivity index (χ1n) is 7.30. The van der Waals surface area contributed by atoms with Crippen molar-refractivity contribution < 1.29 is 13.2 Å². The van der Waals surface area contributed by atoms with E-state index in [0.29, 0.717) is 24.2 Å². The molecule has 0 radical (unpaired) electrons. The average Bonchev–Trinajstić information content (AvgIpc) is 2.38. The molecular weight excluding hydrogens is 274 g/mol. The van der Waals surface area contributed by atoms with E-state index >= 15 is 0 Å². The molecule has 4 nitrogen and oxygen atoms in total. The van der Waals surface area contributed by atoms with Crippen molar-refractivity contribution in [3.8, 4) is 0 Å². The van der Waals surface area contributed by atoms with Gasteiger partial charge >= 0.3 is 0 Å². The summed E-state index contributed by atoms with van der Waals surface area (Å²) in [5.41, 5.74) is 1.20. The van der Waals surface area contributed by atoms with Gasteiger partial charge in [0.1, 0.15) is 5.25 Å². The van der Waals surface area contributed by atoms with Gasteiger partial charge in [0, 0.05) is 6.04 Å². The minimum absolute atomic E-state index is 0.329. The molecule has 0 bridgehead atoms. The van der Waals surface area contributed by atoms with Crippen molar-refractivity contribution in [2.75, 3.05) is 19.8 Å². The molecule has 3 rings (SSSR count). The van der Waals surface area contributed by atoms with Crippen molar-refractivity contribution in [2.24, 2.45) is 0 Å². The fraction of sp³-hybridized carbons (Fsp3) is 0.600. The zero-order valence-electron chi connectivity index (χ0n) is 11.5. The number of hydrogen-bond donors (Lipinski definition) is 1. The smallest absolute Gasteiger partial charge is 0.185 e. The highest BCUT2D eigenvalue weighted by molar-refractivity contribution is 7.92. The van der Waals surface area contributed by atoms with Crippen LogP contribution in [0, 0.1) is 0 Å². The van der Waals surface area contributed by atoms with Gasteiger partial charge in [-0.2, -0.15) is 0 Å². The predicted molar refractivity (Wildman–Crippen MR) is 77.6 cm³/mol. The first-order valence-corrected chi connectivity index (χ1v) is 8.85. The maximum absolute atomic E-state index is 12.2. The number of rotatable bonds is 4. The molecule has 2 saturated heterocycles. The lowest BCUT2D eigenvalue weighted by Crippen LogP contribution is -2.40. The Bertz CT molecular complexity index is 543. The molecule has 110 valence electrons. The molecule has 1 N–H and O–H groups in total. The van der Waals surface area contributed by atoms with Gasteiger partial charge < -0.3 is 10.1 Å². The van der Waals surface area contributed by atoms with Crippen molar-refractivity contribution in [3.05, 3.63) is 29.8 Å². The second-order valence-electron chi connectivity index (χ2n) is 5.70. The van der Waals surface area contributed by atoms with Crippen LogP contribution in [0.4, 0.5) is 0 Å². The van der Waals surface area contributed by atoms with Crippen LogP contribution in [0.25, 0.3) is 0 Å². The van der Waals surface area contributed by atoms with Crippen molar-refractivity contribution in [2.45, 2.75) is 41.9 Å². The molecule has 0 saturated carbocycles. The fourth-order valence-electron chi connectivity index (χ4n) is 2.78. The number of ether oxygens (including phenoxy) is 1. The third-order valence-electron chi connectivity index (χ3n) is 4.19. The second kappa shape index (κ2) is 5.84. The zero-order chi connectivity index (χ0) is 14.0. The molecule has 2 aliphatic rings. The third-order valence-corrected chi connectivity index (χ3v) is 6.27. The van der Waals surface area contributed by atoms with Crippen LogP contribution in [0.15, 0.2) is 29.2 Å². The third kappa shape index (κ3) is 2.90. The van der Waals surface area contributed by atoms with Gasteiger partial charge in [0.25, 0.3) is 0 Å². The molecule has 0 aromatic heterocycles. The Hall–Kier alpha value is -0.910. The summed E-state index contributed by atoms with van der Waals surface area (Å²) in [6, 6.07) is 7.91. The number of hydrogen-bond acceptors (Lipinski definition) is 4. The molecule has 2 fully saturated rings. The van der Waals surface area contributed by atoms with Crippen LogP contribution >= 0.6 is 0 Å². The Kier molecular flexibility index (Phi) is 4.10. The van der Waals surface area contributed by atoms with Gasteiger partial charge in [0.15, 0.2) is 9.84 Å². The van der Waals surface area contributed by atoms with Crippen LogP contribution in [-0.2, 0) is 21.0 Å². The molecule has 5 heteroatoms. The van der Waals surface area contributed by atoms with E-state index in [2.05, 4.69) is 5.32 Å². The fourth-order valence-corrected chi connectivity index (χ4v) is 4.23. The van der Waals surface area contributed by atoms with Crippen LogP contribution in [0.2, 0.25) is 0 Å². The molecule has 2 heterocycles. The summed E-state index contributed by atoms with van der Waals surface area (Å²) in [4.78, 5) is 0.422. The average molecular weight is 295 g/mol. The highest BCUT2D eigenvalue weighted by Gasteiger charge is 2.33. The van der Waals surface area contributed by atoms with Crippen LogP contribution in [0.1, 0.15) is 24.8 Å². The first-order chi connectivity index (χ1) is 9.66. The molecule has 1 aromatic carbocycles. The van der Waals surface area contributed by atoms with Crippen LogP contribution in [0.3, 0.4) is 0 Å². The molecule has 0 amide bonds. The predicted octanol–water partition coefficient (Wildman–Crippen LogP) is 1.54. The van der Waals surface area contributed by atoms with Crippen molar-refractivity contribution in [3.63, 3.8) is 0 Å². The number of benzene rings is 1. The normalized spacial score (nSPS) is 24.3. The van der Waals surface area contributed by atoms with Gasteiger partial charge in [0.05, 0.1) is 18.1 Å². The number of nitrogens with one attached hydrogen (secondary N) is 1. The summed E-state index contributed by atoms with van der Waals surface area (Å²) in [6.45, 7) is 1.75. The molecule has 1 aromatic rings. The minimum atomic E-state index is -3.19. The summed E-state index contributed by atoms with van der Waals surface area (Å²) >= 11 is 0. The zero-order valence-corrected chi connectivity index (χ0v) is 12.4. The molecule has 20 heavy (non-hydrogen) atoms. The quantitative estimate of drug-likeness (QED) is 0.915. The number of piperidine rings is 1. The summed E-state index contributed by atoms with van der Waals surface area (Å²) in [5.74, 6) is 0. The van der Waals surface area contributed by atoms with E-state index in [1.54, 1.807) is 12.1 Å². The Morgan fingerprint density at radius 2 is 1.90 bits per heavy atom. The summed E-state index contributed by atoms with van der Waals surface area (Å²) < 4.78 is 29.4. The van der Waals surface area contributed by atoms with E-state index < -0.39 is 9.84 Å². The maximum Gasteiger partial charge on any atom is 0.185 e. The van der Waals surface area contributed by atoms with Gasteiger partial charge in [-0.1, -0.05) is 18.6 Å². The van der Waals surface area contributed by atoms with Crippen molar-refractivity contribution >= 4 is 9.84 Å². The van der Waals surface area contributed by atoms with Crippen molar-refractivity contribution in [1.82, 2.24) is 5.32 Å². The summed E-state index contributed by atoms with van der Waals surface area (Å²) in [6.07, 6.45) is 4.73. The van der Waals surface area contributed by atoms with E-state index in [1.807, 2.05) is 12.1 Å². The van der Waals surface area contributed by atoms with Gasteiger partial charge in [0.2, 0.25) is 0 Å². The van der Waals surface area contributed by atoms with Crippen molar-refractivity contribution in [1.29, 1.82) is 0 Å². The molecule has 1 unspecified atom stereocenters. The highest BCUT2D eigenvalue weighted by Crippen LogP contribution is 2.22. The van der Waals surface area contributed by atoms with E-state index in [-0.39, 0.29) is 5.25 Å². The monoisotopic (exact) mass is 295 g/mol. The topological polar surface area (TPSA) is 55.4 Å². The minimum Gasteiger partial charge on any atom is -0.379 e. The Morgan fingerprint density at radius 3 is 2.45 bits per heavy atom. The lowest BCUT2D eigenvalue weighted by molar-refractivity contribution is 0.0416. The lowest BCUT2D eigenvalue weighted by Gasteiger charge is -2.26. The van der Waals surface area contributed by atoms with Crippen LogP contribution in [-0.4, -0.2) is 39.5 Å². The largest absolute Gasteiger partial charge is 0.379 e. The van der Waals surface area contributed by atoms with E-state index in [4.69, 9.17) is 4.74 Å². The van der Waals surface area contributed by atoms with Gasteiger partial charge in [-0.15, -0.1) is 0 Å². The molecule has 0 aliphatic carbocycles. The SMILES string of the molecule is O=S(=O)(c1ccc(CC2CCCCN2)cc1)C1COC1. The van der Waals surface area contributed by atoms with E-state index in [1.165, 1.54) is 24.8 Å². The van der Waals surface area contributed by atoms with Crippen LogP contribution < -0.4 is 5.32 Å².